The Morgan fingerprint density at radius 3 is 2.38 bits per heavy atom. The maximum Gasteiger partial charge on any atom is 0.203 e. The van der Waals surface area contributed by atoms with Crippen molar-refractivity contribution >= 4 is 40.4 Å². The van der Waals surface area contributed by atoms with Gasteiger partial charge in [-0.05, 0) is 18.2 Å². The fourth-order valence-electron chi connectivity index (χ4n) is 0.921. The van der Waals surface area contributed by atoms with Crippen LogP contribution in [0.25, 0.3) is 0 Å². The minimum Gasteiger partial charge on any atom is -0.292 e. The number of nitrogens with zero attached hydrogens (tertiary/aromatic N) is 2. The Kier molecular flexibility index (Phi) is 4.29. The second kappa shape index (κ2) is 5.50. The molecule has 0 aromatic heterocycles. The molecule has 4 nitrogen and oxygen atoms in total. The van der Waals surface area contributed by atoms with Gasteiger partial charge in [0.1, 0.15) is 6.07 Å². The van der Waals surface area contributed by atoms with Gasteiger partial charge < -0.3 is 0 Å². The Labute approximate surface area is 102 Å². The number of benzene rings is 1. The van der Waals surface area contributed by atoms with Crippen LogP contribution in [0.1, 0.15) is 6.92 Å². The van der Waals surface area contributed by atoms with Gasteiger partial charge in [0.2, 0.25) is 5.71 Å². The third-order valence-corrected chi connectivity index (χ3v) is 2.04. The lowest BCUT2D eigenvalue weighted by Gasteiger charge is -2.02. The molecule has 0 aliphatic carbocycles. The first-order chi connectivity index (χ1) is 7.52. The van der Waals surface area contributed by atoms with Crippen LogP contribution in [0.3, 0.4) is 0 Å². The van der Waals surface area contributed by atoms with Crippen LogP contribution in [-0.2, 0) is 4.79 Å². The second-order valence-electron chi connectivity index (χ2n) is 2.90. The van der Waals surface area contributed by atoms with Crippen molar-refractivity contribution in [2.75, 3.05) is 5.43 Å². The van der Waals surface area contributed by atoms with E-state index in [4.69, 9.17) is 28.5 Å². The van der Waals surface area contributed by atoms with E-state index < -0.39 is 5.78 Å². The molecule has 1 aromatic carbocycles. The Bertz CT molecular complexity index is 471. The summed E-state index contributed by atoms with van der Waals surface area (Å²) >= 11 is 11.5. The standard InChI is InChI=1S/C10H7Cl2N3O/c1-6(16)10(5-13)15-14-9-3-7(11)2-8(12)4-9/h2-4,14H,1H3. The number of carbonyl (C=O) groups excluding carboxylic acids is 1. The zero-order valence-electron chi connectivity index (χ0n) is 8.29. The monoisotopic (exact) mass is 255 g/mol. The molecule has 1 N–H and O–H groups in total. The Morgan fingerprint density at radius 1 is 1.38 bits per heavy atom. The topological polar surface area (TPSA) is 65.2 Å². The lowest BCUT2D eigenvalue weighted by atomic mass is 10.3. The summed E-state index contributed by atoms with van der Waals surface area (Å²) < 4.78 is 0. The molecule has 1 rings (SSSR count). The summed E-state index contributed by atoms with van der Waals surface area (Å²) in [6.45, 7) is 1.26. The van der Waals surface area contributed by atoms with E-state index in [0.717, 1.165) is 0 Å². The summed E-state index contributed by atoms with van der Waals surface area (Å²) in [4.78, 5) is 10.9. The molecule has 0 unspecified atom stereocenters. The van der Waals surface area contributed by atoms with E-state index in [2.05, 4.69) is 10.5 Å². The van der Waals surface area contributed by atoms with Gasteiger partial charge in [-0.15, -0.1) is 0 Å². The van der Waals surface area contributed by atoms with Crippen molar-refractivity contribution in [2.45, 2.75) is 6.92 Å². The zero-order chi connectivity index (χ0) is 12.1. The van der Waals surface area contributed by atoms with Gasteiger partial charge in [-0.3, -0.25) is 10.2 Å². The largest absolute Gasteiger partial charge is 0.292 e. The number of carbonyl (C=O) groups is 1. The summed E-state index contributed by atoms with van der Waals surface area (Å²) in [5, 5.41) is 13.1. The summed E-state index contributed by atoms with van der Waals surface area (Å²) in [6, 6.07) is 6.39. The van der Waals surface area contributed by atoms with Gasteiger partial charge in [-0.25, -0.2) is 0 Å². The molecular formula is C10H7Cl2N3O. The van der Waals surface area contributed by atoms with Gasteiger partial charge >= 0.3 is 0 Å². The maximum atomic E-state index is 10.9. The molecular weight excluding hydrogens is 249 g/mol. The first-order valence-corrected chi connectivity index (χ1v) is 4.99. The van der Waals surface area contributed by atoms with E-state index in [1.807, 2.05) is 0 Å². The number of nitriles is 1. The normalized spacial score (nSPS) is 10.8. The number of hydrogen-bond acceptors (Lipinski definition) is 4. The first-order valence-electron chi connectivity index (χ1n) is 4.23. The minimum absolute atomic E-state index is 0.212. The first kappa shape index (κ1) is 12.5. The molecule has 0 radical (unpaired) electrons. The fourth-order valence-corrected chi connectivity index (χ4v) is 1.45. The number of halogens is 2. The third-order valence-electron chi connectivity index (χ3n) is 1.60. The highest BCUT2D eigenvalue weighted by Crippen LogP contribution is 2.22. The van der Waals surface area contributed by atoms with Crippen LogP contribution in [0.5, 0.6) is 0 Å². The highest BCUT2D eigenvalue weighted by molar-refractivity contribution is 6.45. The fraction of sp³-hybridized carbons (Fsp3) is 0.100. The van der Waals surface area contributed by atoms with Crippen LogP contribution in [0.15, 0.2) is 23.3 Å². The number of nitrogens with one attached hydrogen (secondary N) is 1. The molecule has 1 aromatic rings. The average Bonchev–Trinajstić information content (AvgIpc) is 2.16. The summed E-state index contributed by atoms with van der Waals surface area (Å²) in [5.41, 5.74) is 2.83. The van der Waals surface area contributed by atoms with Crippen molar-refractivity contribution in [2.24, 2.45) is 5.10 Å². The highest BCUT2D eigenvalue weighted by Gasteiger charge is 2.04. The molecule has 0 spiro atoms. The van der Waals surface area contributed by atoms with Crippen molar-refractivity contribution in [3.8, 4) is 6.07 Å². The van der Waals surface area contributed by atoms with Gasteiger partial charge in [0.05, 0.1) is 5.69 Å². The van der Waals surface area contributed by atoms with E-state index >= 15 is 0 Å². The molecule has 0 amide bonds. The van der Waals surface area contributed by atoms with Crippen LogP contribution in [0, 0.1) is 11.3 Å². The molecule has 16 heavy (non-hydrogen) atoms. The van der Waals surface area contributed by atoms with Gasteiger partial charge in [-0.1, -0.05) is 23.2 Å². The molecule has 0 saturated heterocycles. The summed E-state index contributed by atoms with van der Waals surface area (Å²) in [6.07, 6.45) is 0. The van der Waals surface area contributed by atoms with E-state index in [0.29, 0.717) is 15.7 Å². The smallest absolute Gasteiger partial charge is 0.203 e. The van der Waals surface area contributed by atoms with Gasteiger partial charge in [0.25, 0.3) is 0 Å². The number of hydrogen-bond donors (Lipinski definition) is 1. The number of ketones is 1. The third kappa shape index (κ3) is 3.54. The van der Waals surface area contributed by atoms with Crippen LogP contribution >= 0.6 is 23.2 Å². The summed E-state index contributed by atoms with van der Waals surface area (Å²) in [7, 11) is 0. The van der Waals surface area contributed by atoms with E-state index in [-0.39, 0.29) is 5.71 Å². The van der Waals surface area contributed by atoms with Gasteiger partial charge in [0.15, 0.2) is 5.78 Å². The Hall–Kier alpha value is -1.57. The molecule has 0 fully saturated rings. The molecule has 0 bridgehead atoms. The van der Waals surface area contributed by atoms with Gasteiger partial charge in [0, 0.05) is 17.0 Å². The van der Waals surface area contributed by atoms with Crippen LogP contribution in [-0.4, -0.2) is 11.5 Å². The van der Waals surface area contributed by atoms with Crippen molar-refractivity contribution < 1.29 is 4.79 Å². The van der Waals surface area contributed by atoms with Crippen molar-refractivity contribution in [1.82, 2.24) is 0 Å². The second-order valence-corrected chi connectivity index (χ2v) is 3.77. The van der Waals surface area contributed by atoms with Crippen LogP contribution in [0.2, 0.25) is 10.0 Å². The van der Waals surface area contributed by atoms with Gasteiger partial charge in [-0.2, -0.15) is 10.4 Å². The number of hydrazone groups is 1. The van der Waals surface area contributed by atoms with E-state index in [1.54, 1.807) is 24.3 Å². The quantitative estimate of drug-likeness (QED) is 0.667. The molecule has 0 atom stereocenters. The predicted octanol–water partition coefficient (Wildman–Crippen LogP) is 2.87. The molecule has 0 saturated carbocycles. The highest BCUT2D eigenvalue weighted by atomic mass is 35.5. The Balaban J connectivity index is 2.90. The molecule has 0 aliphatic rings. The predicted molar refractivity (Wildman–Crippen MR) is 63.8 cm³/mol. The van der Waals surface area contributed by atoms with E-state index in [1.165, 1.54) is 6.92 Å². The van der Waals surface area contributed by atoms with Crippen molar-refractivity contribution in [3.63, 3.8) is 0 Å². The van der Waals surface area contributed by atoms with Crippen molar-refractivity contribution in [3.05, 3.63) is 28.2 Å². The van der Waals surface area contributed by atoms with E-state index in [9.17, 15) is 4.79 Å². The molecule has 0 aliphatic heterocycles. The lowest BCUT2D eigenvalue weighted by Crippen LogP contribution is -2.09. The molecule has 6 heteroatoms. The molecule has 82 valence electrons. The number of Topliss-reactive ketones (excluding diaryl/α,β-unsaturated/α-hetero) is 1. The number of rotatable bonds is 3. The van der Waals surface area contributed by atoms with Crippen LogP contribution in [0.4, 0.5) is 5.69 Å². The molecule has 0 heterocycles. The lowest BCUT2D eigenvalue weighted by molar-refractivity contribution is -0.110. The minimum atomic E-state index is -0.414. The Morgan fingerprint density at radius 2 is 1.94 bits per heavy atom. The average molecular weight is 256 g/mol. The SMILES string of the molecule is CC(=O)C(C#N)=NNc1cc(Cl)cc(Cl)c1. The maximum absolute atomic E-state index is 10.9. The number of anilines is 1. The van der Waals surface area contributed by atoms with Crippen molar-refractivity contribution in [1.29, 1.82) is 5.26 Å². The zero-order valence-corrected chi connectivity index (χ0v) is 9.80. The summed E-state index contributed by atoms with van der Waals surface area (Å²) in [5.74, 6) is -0.414. The van der Waals surface area contributed by atoms with Crippen LogP contribution < -0.4 is 5.43 Å².